The van der Waals surface area contributed by atoms with Crippen LogP contribution >= 0.6 is 11.3 Å². The molecule has 32 heavy (non-hydrogen) atoms. The van der Waals surface area contributed by atoms with Crippen molar-refractivity contribution < 1.29 is 23.1 Å². The topological polar surface area (TPSA) is 96.5 Å². The van der Waals surface area contributed by atoms with E-state index in [-0.39, 0.29) is 41.1 Å². The second-order valence-electron chi connectivity index (χ2n) is 8.47. The van der Waals surface area contributed by atoms with Crippen molar-refractivity contribution in [1.29, 1.82) is 0 Å². The lowest BCUT2D eigenvalue weighted by molar-refractivity contribution is -0.154. The van der Waals surface area contributed by atoms with Gasteiger partial charge >= 0.3 is 0 Å². The maximum absolute atomic E-state index is 15.6. The highest BCUT2D eigenvalue weighted by Gasteiger charge is 2.62. The van der Waals surface area contributed by atoms with Crippen LogP contribution in [-0.4, -0.2) is 46.8 Å². The third-order valence-corrected chi connectivity index (χ3v) is 7.17. The fourth-order valence-electron chi connectivity index (χ4n) is 5.17. The van der Waals surface area contributed by atoms with Crippen molar-refractivity contribution in [2.75, 3.05) is 11.4 Å². The van der Waals surface area contributed by atoms with E-state index in [9.17, 15) is 9.59 Å². The Hall–Kier alpha value is -2.92. The maximum Gasteiger partial charge on any atom is 0.243 e. The molecule has 2 aromatic rings. The van der Waals surface area contributed by atoms with Gasteiger partial charge in [0.25, 0.3) is 0 Å². The van der Waals surface area contributed by atoms with Gasteiger partial charge in [0, 0.05) is 13.0 Å². The Balaban J connectivity index is 1.75. The number of anilines is 1. The van der Waals surface area contributed by atoms with Crippen LogP contribution in [0.3, 0.4) is 0 Å². The summed E-state index contributed by atoms with van der Waals surface area (Å²) in [6, 6.07) is 0.642. The average Bonchev–Trinajstić information content (AvgIpc) is 3.14. The normalized spacial score (nSPS) is 26.5. The molecular formula is C21H21F2N5O3S. The number of rotatable bonds is 1. The van der Waals surface area contributed by atoms with Crippen LogP contribution in [0, 0.1) is 24.0 Å². The van der Waals surface area contributed by atoms with E-state index in [1.165, 1.54) is 6.07 Å². The number of halogens is 2. The zero-order valence-electron chi connectivity index (χ0n) is 17.7. The molecule has 3 unspecified atom stereocenters. The minimum Gasteiger partial charge on any atom is -0.372 e. The lowest BCUT2D eigenvalue weighted by Crippen LogP contribution is -2.74. The number of nitrogens with zero attached hydrogens (tertiary/aromatic N) is 3. The van der Waals surface area contributed by atoms with Gasteiger partial charge in [-0.15, -0.1) is 10.2 Å². The van der Waals surface area contributed by atoms with Crippen molar-refractivity contribution in [1.82, 2.24) is 20.8 Å². The second-order valence-corrected chi connectivity index (χ2v) is 9.65. The van der Waals surface area contributed by atoms with E-state index in [0.29, 0.717) is 10.6 Å². The molecule has 2 amide bonds. The molecule has 3 aliphatic rings. The number of nitrogens with one attached hydrogen (secondary N) is 2. The van der Waals surface area contributed by atoms with Crippen LogP contribution in [-0.2, 0) is 20.7 Å². The number of ether oxygens (including phenoxy) is 1. The molecule has 0 radical (unpaired) electrons. The number of aryl methyl sites for hydroxylation is 1. The van der Waals surface area contributed by atoms with Gasteiger partial charge in [-0.05, 0) is 32.4 Å². The Bertz CT molecular complexity index is 1160. The van der Waals surface area contributed by atoms with Gasteiger partial charge in [0.1, 0.15) is 10.8 Å². The Morgan fingerprint density at radius 2 is 1.91 bits per heavy atom. The van der Waals surface area contributed by atoms with Crippen molar-refractivity contribution in [3.8, 4) is 10.6 Å². The number of aromatic nitrogens is 2. The van der Waals surface area contributed by atoms with E-state index in [4.69, 9.17) is 4.74 Å². The van der Waals surface area contributed by atoms with Gasteiger partial charge in [0.2, 0.25) is 11.8 Å². The Kier molecular flexibility index (Phi) is 4.61. The van der Waals surface area contributed by atoms with Crippen molar-refractivity contribution in [3.63, 3.8) is 0 Å². The molecule has 2 saturated heterocycles. The third-order valence-electron chi connectivity index (χ3n) is 6.30. The number of hydrogen-bond donors (Lipinski definition) is 2. The summed E-state index contributed by atoms with van der Waals surface area (Å²) in [5.74, 6) is -3.08. The Morgan fingerprint density at radius 3 is 2.53 bits per heavy atom. The fourth-order valence-corrected chi connectivity index (χ4v) is 5.87. The van der Waals surface area contributed by atoms with Gasteiger partial charge in [-0.3, -0.25) is 9.59 Å². The largest absolute Gasteiger partial charge is 0.372 e. The minimum atomic E-state index is -1.60. The molecule has 0 saturated carbocycles. The lowest BCUT2D eigenvalue weighted by atomic mass is 9.66. The monoisotopic (exact) mass is 461 g/mol. The van der Waals surface area contributed by atoms with Crippen molar-refractivity contribution in [2.45, 2.75) is 45.4 Å². The van der Waals surface area contributed by atoms with E-state index in [1.807, 2.05) is 6.92 Å². The van der Waals surface area contributed by atoms with Crippen LogP contribution in [0.5, 0.6) is 0 Å². The molecule has 11 heteroatoms. The van der Waals surface area contributed by atoms with E-state index in [1.54, 1.807) is 18.7 Å². The number of hydrogen-bond acceptors (Lipinski definition) is 7. The molecule has 2 N–H and O–H groups in total. The number of benzene rings is 1. The SMILES string of the molecule is C=C1NC(=O)C2(Cc3cc(-c4nnc(C)s4)c(F)c(F)c3N3CC(C)OC(C)C32)C(=O)N1. The summed E-state index contributed by atoms with van der Waals surface area (Å²) in [7, 11) is 0. The van der Waals surface area contributed by atoms with Gasteiger partial charge in [-0.1, -0.05) is 17.9 Å². The van der Waals surface area contributed by atoms with Gasteiger partial charge < -0.3 is 20.3 Å². The average molecular weight is 461 g/mol. The zero-order valence-corrected chi connectivity index (χ0v) is 18.5. The molecule has 2 fully saturated rings. The van der Waals surface area contributed by atoms with Crippen LogP contribution < -0.4 is 15.5 Å². The van der Waals surface area contributed by atoms with E-state index in [0.717, 1.165) is 11.3 Å². The van der Waals surface area contributed by atoms with Gasteiger partial charge in [0.05, 0.1) is 29.5 Å². The number of fused-ring (bicyclic) bond motifs is 4. The first-order chi connectivity index (χ1) is 15.1. The standard InChI is InChI=1S/C21H21F2N5O3S/c1-8-7-28-16-12(5-13(14(22)15(16)23)18-27-26-11(4)32-18)6-21(17(28)9(2)31-8)19(29)24-10(3)25-20(21)30/h5,8-9,17H,3,6-7H2,1-2,4H3,(H,24,29)(H,25,30). The first kappa shape index (κ1) is 21.0. The molecule has 5 rings (SSSR count). The first-order valence-corrected chi connectivity index (χ1v) is 11.0. The lowest BCUT2D eigenvalue weighted by Gasteiger charge is -2.55. The van der Waals surface area contributed by atoms with Crippen LogP contribution in [0.25, 0.3) is 10.6 Å². The van der Waals surface area contributed by atoms with Gasteiger partial charge in [-0.2, -0.15) is 0 Å². The van der Waals surface area contributed by atoms with Crippen LogP contribution in [0.1, 0.15) is 24.4 Å². The quantitative estimate of drug-likeness (QED) is 0.631. The molecule has 3 atom stereocenters. The highest BCUT2D eigenvalue weighted by Crippen LogP contribution is 2.49. The summed E-state index contributed by atoms with van der Waals surface area (Å²) in [4.78, 5) is 28.2. The Labute approximate surface area is 186 Å². The molecule has 0 aliphatic carbocycles. The van der Waals surface area contributed by atoms with E-state index in [2.05, 4.69) is 27.4 Å². The fraction of sp³-hybridized carbons (Fsp3) is 0.429. The summed E-state index contributed by atoms with van der Waals surface area (Å²) < 4.78 is 36.7. The molecular weight excluding hydrogens is 440 g/mol. The number of carbonyl (C=O) groups excluding carboxylic acids is 2. The molecule has 1 aromatic carbocycles. The summed E-state index contributed by atoms with van der Waals surface area (Å²) >= 11 is 1.13. The molecule has 1 aromatic heterocycles. The van der Waals surface area contributed by atoms with Crippen molar-refractivity contribution >= 4 is 28.8 Å². The summed E-state index contributed by atoms with van der Waals surface area (Å²) in [6.45, 7) is 9.07. The number of morpholine rings is 1. The van der Waals surface area contributed by atoms with Crippen LogP contribution in [0.2, 0.25) is 0 Å². The second kappa shape index (κ2) is 7.04. The molecule has 3 aliphatic heterocycles. The Morgan fingerprint density at radius 1 is 1.22 bits per heavy atom. The highest BCUT2D eigenvalue weighted by atomic mass is 32.1. The number of amides is 2. The van der Waals surface area contributed by atoms with Crippen molar-refractivity contribution in [2.24, 2.45) is 5.41 Å². The molecule has 0 bridgehead atoms. The third kappa shape index (κ3) is 2.80. The van der Waals surface area contributed by atoms with Crippen molar-refractivity contribution in [3.05, 3.63) is 40.7 Å². The maximum atomic E-state index is 15.6. The van der Waals surface area contributed by atoms with E-state index < -0.39 is 41.0 Å². The first-order valence-electron chi connectivity index (χ1n) is 10.2. The smallest absolute Gasteiger partial charge is 0.243 e. The molecule has 8 nitrogen and oxygen atoms in total. The molecule has 4 heterocycles. The summed E-state index contributed by atoms with van der Waals surface area (Å²) in [5.41, 5.74) is -1.25. The van der Waals surface area contributed by atoms with Gasteiger partial charge in [-0.25, -0.2) is 8.78 Å². The predicted molar refractivity (Wildman–Crippen MR) is 113 cm³/mol. The van der Waals surface area contributed by atoms with Gasteiger partial charge in [0.15, 0.2) is 22.1 Å². The minimum absolute atomic E-state index is 0.0455. The van der Waals surface area contributed by atoms with E-state index >= 15 is 8.78 Å². The summed E-state index contributed by atoms with van der Waals surface area (Å²) in [5, 5.41) is 13.9. The summed E-state index contributed by atoms with van der Waals surface area (Å²) in [6.07, 6.45) is -1.04. The van der Waals surface area contributed by atoms with Crippen LogP contribution in [0.15, 0.2) is 18.5 Å². The van der Waals surface area contributed by atoms with Crippen LogP contribution in [0.4, 0.5) is 14.5 Å². The molecule has 168 valence electrons. The zero-order chi connectivity index (χ0) is 22.9. The predicted octanol–water partition coefficient (Wildman–Crippen LogP) is 2.03. The highest BCUT2D eigenvalue weighted by molar-refractivity contribution is 7.14. The number of carbonyl (C=O) groups is 2. The molecule has 1 spiro atoms.